The number of halogens is 9. The van der Waals surface area contributed by atoms with Gasteiger partial charge in [0.2, 0.25) is 0 Å². The highest BCUT2D eigenvalue weighted by molar-refractivity contribution is 8.15. The molecule has 0 saturated heterocycles. The molecule has 3 unspecified atom stereocenters. The molecular weight excluding hydrogens is 1810 g/mol. The Morgan fingerprint density at radius 1 is 0.429 bits per heavy atom. The summed E-state index contributed by atoms with van der Waals surface area (Å²) in [6.45, 7) is 8.46. The average Bonchev–Trinajstić information content (AvgIpc) is 1.66. The van der Waals surface area contributed by atoms with Gasteiger partial charge in [-0.05, 0) is 148 Å². The number of aromatic hydroxyl groups is 1. The molecule has 3 aliphatic rings. The highest BCUT2D eigenvalue weighted by Gasteiger charge is 2.43. The monoisotopic (exact) mass is 1900 g/mol. The van der Waals surface area contributed by atoms with Crippen molar-refractivity contribution in [2.75, 3.05) is 73.8 Å². The summed E-state index contributed by atoms with van der Waals surface area (Å²) in [6.07, 6.45) is -0.0454. The second-order valence-corrected chi connectivity index (χ2v) is 33.0. The number of thioether (sulfide) groups is 3. The molecule has 0 saturated carbocycles. The van der Waals surface area contributed by atoms with Crippen LogP contribution in [0.2, 0.25) is 0 Å². The molecule has 694 valence electrons. The number of hydrazone groups is 3. The van der Waals surface area contributed by atoms with Crippen molar-refractivity contribution < 1.29 is 130 Å². The number of hydrogen-bond acceptors (Lipinski definition) is 25. The lowest BCUT2D eigenvalue weighted by Crippen LogP contribution is -2.32. The summed E-state index contributed by atoms with van der Waals surface area (Å²) in [5, 5.41) is 32.2. The van der Waals surface area contributed by atoms with E-state index < -0.39 is 140 Å². The molecule has 6 amide bonds. The van der Waals surface area contributed by atoms with E-state index in [-0.39, 0.29) is 104 Å². The van der Waals surface area contributed by atoms with Crippen molar-refractivity contribution in [1.82, 2.24) is 25.7 Å². The molecular formula is C93H82F9N9O19S3. The van der Waals surface area contributed by atoms with Crippen LogP contribution >= 0.6 is 35.3 Å². The third kappa shape index (κ3) is 25.2. The van der Waals surface area contributed by atoms with Crippen molar-refractivity contribution in [3.05, 3.63) is 308 Å². The van der Waals surface area contributed by atoms with Crippen LogP contribution in [0.3, 0.4) is 0 Å². The predicted molar refractivity (Wildman–Crippen MR) is 474 cm³/mol. The maximum Gasteiger partial charge on any atom is 0.337 e. The fourth-order valence-corrected chi connectivity index (χ4v) is 16.3. The van der Waals surface area contributed by atoms with Crippen LogP contribution in [-0.2, 0) is 33.4 Å². The third-order valence-corrected chi connectivity index (χ3v) is 22.4. The lowest BCUT2D eigenvalue weighted by Gasteiger charge is -2.24. The van der Waals surface area contributed by atoms with Crippen LogP contribution in [-0.4, -0.2) is 163 Å². The summed E-state index contributed by atoms with van der Waals surface area (Å²) >= 11 is 3.24. The first-order chi connectivity index (χ1) is 63.5. The quantitative estimate of drug-likeness (QED) is 0.0192. The minimum atomic E-state index is -1.45. The number of esters is 3. The first-order valence-corrected chi connectivity index (χ1v) is 42.5. The van der Waals surface area contributed by atoms with Gasteiger partial charge in [-0.25, -0.2) is 64.1 Å². The molecule has 4 N–H and O–H groups in total. The molecule has 10 aromatic rings. The van der Waals surface area contributed by atoms with Crippen LogP contribution in [0.15, 0.2) is 209 Å². The van der Waals surface area contributed by atoms with Crippen molar-refractivity contribution in [3.63, 3.8) is 0 Å². The lowest BCUT2D eigenvalue weighted by atomic mass is 10.1. The van der Waals surface area contributed by atoms with E-state index in [9.17, 15) is 87.8 Å². The zero-order valence-corrected chi connectivity index (χ0v) is 74.6. The fourth-order valence-electron chi connectivity index (χ4n) is 12.8. The van der Waals surface area contributed by atoms with Crippen molar-refractivity contribution >= 4 is 109 Å². The summed E-state index contributed by atoms with van der Waals surface area (Å²) in [7, 11) is 6.37. The molecule has 0 aliphatic carbocycles. The number of rotatable bonds is 29. The van der Waals surface area contributed by atoms with E-state index in [1.54, 1.807) is 75.4 Å². The van der Waals surface area contributed by atoms with Gasteiger partial charge < -0.3 is 63.7 Å². The third-order valence-electron chi connectivity index (χ3n) is 18.8. The van der Waals surface area contributed by atoms with Crippen LogP contribution in [0.1, 0.15) is 142 Å². The molecule has 40 heteroatoms. The Bertz CT molecular complexity index is 6080. The summed E-state index contributed by atoms with van der Waals surface area (Å²) in [4.78, 5) is 114. The number of carbonyl (C=O) groups is 9. The Morgan fingerprint density at radius 2 is 0.782 bits per heavy atom. The molecule has 10 aromatic carbocycles. The molecule has 0 spiro atoms. The highest BCUT2D eigenvalue weighted by atomic mass is 32.2. The lowest BCUT2D eigenvalue weighted by molar-refractivity contribution is -0.154. The van der Waals surface area contributed by atoms with Gasteiger partial charge >= 0.3 is 17.9 Å². The molecule has 0 bridgehead atoms. The van der Waals surface area contributed by atoms with Gasteiger partial charge in [-0.15, -0.1) is 0 Å². The number of carbonyl (C=O) groups excluding carboxylic acids is 9. The van der Waals surface area contributed by atoms with Gasteiger partial charge in [-0.1, -0.05) is 97.7 Å². The Kier molecular flexibility index (Phi) is 33.4. The number of hydrogen-bond donors (Lipinski definition) is 4. The van der Waals surface area contributed by atoms with Gasteiger partial charge in [0.25, 0.3) is 35.4 Å². The van der Waals surface area contributed by atoms with Crippen LogP contribution in [0.25, 0.3) is 0 Å². The number of anilines is 1. The van der Waals surface area contributed by atoms with Crippen LogP contribution in [0.4, 0.5) is 45.2 Å². The smallest absolute Gasteiger partial charge is 0.337 e. The second-order valence-electron chi connectivity index (χ2n) is 29.8. The highest BCUT2D eigenvalue weighted by Crippen LogP contribution is 2.52. The summed E-state index contributed by atoms with van der Waals surface area (Å²) in [5.41, 5.74) is -0.170. The normalized spacial score (nSPS) is 14.3. The molecule has 3 atom stereocenters. The van der Waals surface area contributed by atoms with Gasteiger partial charge in [0, 0.05) is 76.4 Å². The fraction of sp³-hybridized carbons (Fsp3) is 0.226. The molecule has 13 rings (SSSR count). The Morgan fingerprint density at radius 3 is 1.13 bits per heavy atom. The maximum atomic E-state index is 14.8. The Balaban J connectivity index is 0.000000194. The Hall–Kier alpha value is -14.5. The zero-order chi connectivity index (χ0) is 96.2. The predicted octanol–water partition coefficient (Wildman–Crippen LogP) is 16.8. The molecule has 0 radical (unpaired) electrons. The van der Waals surface area contributed by atoms with Gasteiger partial charge in [0.1, 0.15) is 106 Å². The van der Waals surface area contributed by atoms with Crippen molar-refractivity contribution in [3.8, 4) is 40.2 Å². The average molecular weight is 1900 g/mol. The van der Waals surface area contributed by atoms with E-state index in [4.69, 9.17) is 42.6 Å². The number of benzene rings is 10. The summed E-state index contributed by atoms with van der Waals surface area (Å²) in [5.74, 6) is -15.1. The van der Waals surface area contributed by atoms with E-state index in [1.807, 2.05) is 13.8 Å². The Labute approximate surface area is 767 Å². The van der Waals surface area contributed by atoms with Crippen LogP contribution in [0.5, 0.6) is 40.2 Å². The minimum absolute atomic E-state index is 0.0149. The standard InChI is InChI=1S/C34H25F4N3O8S.C31H29F4N3O6S.C28H28FN3O5S/c1-46-29-23(5-4-6-26(29)49-16-27(42)39-22-12-18(33(44)47-2)11-19(13-22)34(45)48-3)32-41(31(43)28-24(37)14-21(36)15-25(28)38)40-30(50-32)17-7-9-20(35)10-8-17;1-31(2,3)44-25(40)12-13-36-24(39)16-43-23-7-5-6-20(27(23)42-4)30-38(29(41)26-21(34)14-19(33)15-22(26)35)37-28(45-30)17-8-10-18(32)11-9-17;1-17(2)15-30-24(34)16-37-23-10-6-8-21(25(23)36-3)28-32(27(35)20-7-4-5-9-22(20)33)31-26(38-28)18-11-13-19(29)14-12-18/h4-15,32H,16H2,1-3H3,(H,39,42);5-11,14-15,30H,12-13,16H2,1-4H3,(H,36,39);4-14,17,28,33H,15-16H2,1-3H3,(H,30,34). The first-order valence-electron chi connectivity index (χ1n) is 39.9. The SMILES string of the molecule is COC(=O)c1cc(NC(=O)COc2cccc(C3SC(c4ccc(F)cc4)=NN3C(=O)c3c(F)cc(F)cc3F)c2OC)cc(C(=O)OC)c1.COc1c(OCC(=O)NCC(C)C)cccc1C1SC(c2ccc(F)cc2)=NN1C(=O)c1ccccc1O.COc1c(OCC(=O)NCCC(=O)OC(C)(C)C)cccc1C1SC(c2ccc(F)cc2)=NN1C(=O)c1c(F)cc(F)cc1F. The summed E-state index contributed by atoms with van der Waals surface area (Å²) in [6, 6.07) is 41.9. The number of methoxy groups -OCH3 is 5. The number of nitrogens with zero attached hydrogens (tertiary/aromatic N) is 6. The number of phenols is 1. The number of ether oxygens (including phenoxy) is 9. The molecule has 3 aliphatic heterocycles. The van der Waals surface area contributed by atoms with Crippen LogP contribution < -0.4 is 44.4 Å². The number of phenolic OH excluding ortho intramolecular Hbond substituents is 1. The molecule has 3 heterocycles. The number of nitrogens with one attached hydrogen (secondary N) is 3. The van der Waals surface area contributed by atoms with E-state index in [2.05, 4.69) is 31.3 Å². The first kappa shape index (κ1) is 99.0. The van der Waals surface area contributed by atoms with Crippen molar-refractivity contribution in [2.24, 2.45) is 21.2 Å². The molecule has 28 nitrogen and oxygen atoms in total. The summed E-state index contributed by atoms with van der Waals surface area (Å²) < 4.78 is 176. The van der Waals surface area contributed by atoms with Gasteiger partial charge in [-0.2, -0.15) is 15.3 Å². The second kappa shape index (κ2) is 44.9. The largest absolute Gasteiger partial charge is 0.507 e. The molecule has 0 aromatic heterocycles. The van der Waals surface area contributed by atoms with Crippen molar-refractivity contribution in [2.45, 2.75) is 62.8 Å². The number of para-hydroxylation sites is 4. The van der Waals surface area contributed by atoms with Gasteiger partial charge in [-0.3, -0.25) is 33.6 Å². The van der Waals surface area contributed by atoms with Crippen LogP contribution in [0, 0.1) is 58.3 Å². The zero-order valence-electron chi connectivity index (χ0n) is 72.1. The minimum Gasteiger partial charge on any atom is -0.507 e. The van der Waals surface area contributed by atoms with E-state index in [0.29, 0.717) is 75.5 Å². The van der Waals surface area contributed by atoms with Gasteiger partial charge in [0.15, 0.2) is 54.3 Å². The van der Waals surface area contributed by atoms with E-state index >= 15 is 0 Å². The molecule has 133 heavy (non-hydrogen) atoms. The van der Waals surface area contributed by atoms with E-state index in [0.717, 1.165) is 47.8 Å². The van der Waals surface area contributed by atoms with Gasteiger partial charge in [0.05, 0.1) is 58.7 Å². The molecule has 0 fully saturated rings. The number of amides is 6. The maximum absolute atomic E-state index is 14.8. The van der Waals surface area contributed by atoms with Crippen molar-refractivity contribution in [1.29, 1.82) is 0 Å². The van der Waals surface area contributed by atoms with E-state index in [1.165, 1.54) is 153 Å². The topological polar surface area (TPSA) is 340 Å².